The first-order chi connectivity index (χ1) is 38.8. The van der Waals surface area contributed by atoms with Crippen LogP contribution in [-0.4, -0.2) is 127 Å². The maximum absolute atomic E-state index is 15.5. The molecule has 1 atom stereocenters. The molecule has 8 aromatic heterocycles. The summed E-state index contributed by atoms with van der Waals surface area (Å²) in [5, 5.41) is 23.3. The summed E-state index contributed by atoms with van der Waals surface area (Å²) in [4.78, 5) is 40.1. The summed E-state index contributed by atoms with van der Waals surface area (Å²) in [6.45, 7) is 5.75. The minimum Gasteiger partial charge on any atom is -0.506 e. The third-order valence-corrected chi connectivity index (χ3v) is 14.9. The molecule has 2 saturated heterocycles. The Morgan fingerprint density at radius 3 is 1.91 bits per heavy atom. The Labute approximate surface area is 450 Å². The van der Waals surface area contributed by atoms with Crippen LogP contribution in [0.5, 0.6) is 17.2 Å². The summed E-state index contributed by atoms with van der Waals surface area (Å²) in [6.07, 6.45) is 9.70. The minimum absolute atomic E-state index is 0.0267. The molecule has 0 aliphatic carbocycles. The van der Waals surface area contributed by atoms with Gasteiger partial charge in [0.15, 0.2) is 23.0 Å². The Morgan fingerprint density at radius 1 is 0.570 bits per heavy atom. The van der Waals surface area contributed by atoms with Gasteiger partial charge >= 0.3 is 0 Å². The summed E-state index contributed by atoms with van der Waals surface area (Å²) < 4.78 is 45.2. The van der Waals surface area contributed by atoms with Gasteiger partial charge in [0.05, 0.1) is 56.7 Å². The van der Waals surface area contributed by atoms with E-state index < -0.39 is 11.6 Å². The highest BCUT2D eigenvalue weighted by Gasteiger charge is 2.29. The zero-order valence-corrected chi connectivity index (χ0v) is 42.6. The first-order valence-electron chi connectivity index (χ1n) is 26.4. The number of nitrogens with zero attached hydrogens (tertiary/aromatic N) is 11. The molecule has 392 valence electrons. The molecular weight excluding hydrogens is 1000 g/mol. The zero-order valence-electron chi connectivity index (χ0n) is 42.6. The van der Waals surface area contributed by atoms with Gasteiger partial charge in [0.25, 0.3) is 0 Å². The summed E-state index contributed by atoms with van der Waals surface area (Å²) in [5.41, 5.74) is 12.6. The average molecular weight is 1050 g/mol. The molecule has 0 saturated carbocycles. The van der Waals surface area contributed by atoms with Crippen molar-refractivity contribution in [2.24, 2.45) is 0 Å². The van der Waals surface area contributed by atoms with Gasteiger partial charge in [-0.2, -0.15) is 10.2 Å². The number of pyridine rings is 4. The number of likely N-dealkylation sites (tertiary alicyclic amines) is 2. The van der Waals surface area contributed by atoms with E-state index in [1.165, 1.54) is 43.3 Å². The molecule has 0 spiro atoms. The van der Waals surface area contributed by atoms with Gasteiger partial charge in [0.1, 0.15) is 53.1 Å². The van der Waals surface area contributed by atoms with Gasteiger partial charge in [-0.25, -0.2) is 28.7 Å². The number of aromatic amines is 3. The summed E-state index contributed by atoms with van der Waals surface area (Å²) in [5.74, 6) is 1.12. The van der Waals surface area contributed by atoms with E-state index in [0.29, 0.717) is 105 Å². The molecule has 17 nitrogen and oxygen atoms in total. The normalized spacial score (nSPS) is 15.1. The second-order valence-corrected chi connectivity index (χ2v) is 20.1. The molecule has 4 aromatic carbocycles. The minimum atomic E-state index is -0.428. The van der Waals surface area contributed by atoms with E-state index in [0.717, 1.165) is 77.1 Å². The molecular formula is C60H50F2N14O3. The highest BCUT2D eigenvalue weighted by molar-refractivity contribution is 5.98. The molecule has 79 heavy (non-hydrogen) atoms. The van der Waals surface area contributed by atoms with Gasteiger partial charge in [0, 0.05) is 79.2 Å². The SMILES string of the molecule is Oc1cncc(-c2ccc3c(n2)c(-c2nc4c(-c5cc(F)cc(OCCN6CCCC6)c5)cccc4[nH]2)nn3C2CCN(CCOc3cc(F)cc(-c4cccc5[nH]c(-c6n[nH]c7ccc(-c8ccncc8)nc67)nc45)c3)C2)c1. The number of imidazole rings is 2. The van der Waals surface area contributed by atoms with Crippen LogP contribution in [0, 0.1) is 11.6 Å². The Hall–Kier alpha value is -9.46. The number of aromatic nitrogens is 12. The van der Waals surface area contributed by atoms with Crippen LogP contribution in [0.2, 0.25) is 0 Å². The largest absolute Gasteiger partial charge is 0.506 e. The van der Waals surface area contributed by atoms with Crippen molar-refractivity contribution in [1.82, 2.24) is 69.6 Å². The topological polar surface area (TPSA) is 201 Å². The number of halogens is 2. The van der Waals surface area contributed by atoms with Crippen molar-refractivity contribution in [3.05, 3.63) is 152 Å². The Kier molecular flexibility index (Phi) is 12.2. The Bertz CT molecular complexity index is 4250. The van der Waals surface area contributed by atoms with E-state index in [1.54, 1.807) is 24.7 Å². The highest BCUT2D eigenvalue weighted by Crippen LogP contribution is 2.38. The van der Waals surface area contributed by atoms with E-state index in [2.05, 4.69) is 39.9 Å². The van der Waals surface area contributed by atoms with Crippen molar-refractivity contribution in [1.29, 1.82) is 0 Å². The molecule has 12 aromatic rings. The van der Waals surface area contributed by atoms with Crippen molar-refractivity contribution in [3.63, 3.8) is 0 Å². The molecule has 4 N–H and O–H groups in total. The number of benzene rings is 4. The maximum Gasteiger partial charge on any atom is 0.161 e. The first kappa shape index (κ1) is 48.0. The van der Waals surface area contributed by atoms with Crippen LogP contribution in [-0.2, 0) is 0 Å². The van der Waals surface area contributed by atoms with Gasteiger partial charge in [-0.1, -0.05) is 24.3 Å². The smallest absolute Gasteiger partial charge is 0.161 e. The highest BCUT2D eigenvalue weighted by atomic mass is 19.1. The van der Waals surface area contributed by atoms with Crippen molar-refractivity contribution >= 4 is 44.1 Å². The third kappa shape index (κ3) is 9.41. The molecule has 2 fully saturated rings. The first-order valence-corrected chi connectivity index (χ1v) is 26.4. The predicted molar refractivity (Wildman–Crippen MR) is 297 cm³/mol. The van der Waals surface area contributed by atoms with Gasteiger partial charge in [0.2, 0.25) is 0 Å². The van der Waals surface area contributed by atoms with Gasteiger partial charge in [-0.3, -0.25) is 29.5 Å². The lowest BCUT2D eigenvalue weighted by atomic mass is 10.0. The van der Waals surface area contributed by atoms with Gasteiger partial charge in [-0.15, -0.1) is 0 Å². The van der Waals surface area contributed by atoms with Crippen molar-refractivity contribution in [2.45, 2.75) is 25.3 Å². The van der Waals surface area contributed by atoms with Crippen LogP contribution in [0.3, 0.4) is 0 Å². The van der Waals surface area contributed by atoms with Crippen LogP contribution < -0.4 is 9.47 Å². The lowest BCUT2D eigenvalue weighted by molar-refractivity contribution is 0.232. The number of rotatable bonds is 15. The van der Waals surface area contributed by atoms with Crippen LogP contribution in [0.15, 0.2) is 140 Å². The lowest BCUT2D eigenvalue weighted by Gasteiger charge is -2.17. The number of hydrogen-bond donors (Lipinski definition) is 4. The number of para-hydroxylation sites is 2. The predicted octanol–water partition coefficient (Wildman–Crippen LogP) is 11.0. The fraction of sp³-hybridized carbons (Fsp3) is 0.200. The fourth-order valence-corrected chi connectivity index (χ4v) is 11.1. The summed E-state index contributed by atoms with van der Waals surface area (Å²) in [6, 6.07) is 34.3. The maximum atomic E-state index is 15.5. The monoisotopic (exact) mass is 1050 g/mol. The van der Waals surface area contributed by atoms with E-state index in [-0.39, 0.29) is 11.8 Å². The third-order valence-electron chi connectivity index (χ3n) is 14.9. The lowest BCUT2D eigenvalue weighted by Crippen LogP contribution is -2.27. The molecule has 2 aliphatic heterocycles. The average Bonchev–Trinajstić information content (AvgIpc) is 4.46. The molecule has 2 aliphatic rings. The second kappa shape index (κ2) is 20.2. The number of ether oxygens (including phenoxy) is 2. The van der Waals surface area contributed by atoms with E-state index in [9.17, 15) is 5.11 Å². The Morgan fingerprint density at radius 2 is 1.22 bits per heavy atom. The molecule has 0 radical (unpaired) electrons. The zero-order chi connectivity index (χ0) is 53.0. The number of H-pyrrole nitrogens is 3. The molecule has 0 bridgehead atoms. The van der Waals surface area contributed by atoms with Gasteiger partial charge in [-0.05, 0) is 122 Å². The standard InChI is InChI=1S/C60H50F2N14O3/c61-39-26-37(28-43(30-39)78-23-21-74-18-1-2-19-74)46-6-4-8-50-54(46)70-60(68-50)58-56-52(12-11-48(66-56)38-27-42(77)33-64-32-38)76(73-58)41-15-20-75(34-41)22-24-79-44-29-36(25-40(62)31-44)45-5-3-7-49-53(45)69-59(67-49)57-55-51(71-72-57)10-9-47(65-55)35-13-16-63-17-14-35/h3-14,16-17,25-33,41,77H,1-2,15,18-24,34H2,(H,67,69)(H,68,70)(H,71,72). The number of nitrogens with one attached hydrogen (secondary N) is 3. The second-order valence-electron chi connectivity index (χ2n) is 20.1. The van der Waals surface area contributed by atoms with Crippen molar-refractivity contribution in [2.75, 3.05) is 52.5 Å². The van der Waals surface area contributed by atoms with Gasteiger partial charge < -0.3 is 24.5 Å². The number of fused-ring (bicyclic) bond motifs is 4. The van der Waals surface area contributed by atoms with E-state index in [1.807, 2.05) is 89.6 Å². The van der Waals surface area contributed by atoms with Crippen molar-refractivity contribution < 1.29 is 23.4 Å². The van der Waals surface area contributed by atoms with E-state index >= 15 is 8.78 Å². The summed E-state index contributed by atoms with van der Waals surface area (Å²) >= 11 is 0. The van der Waals surface area contributed by atoms with Crippen LogP contribution in [0.1, 0.15) is 25.3 Å². The fourth-order valence-electron chi connectivity index (χ4n) is 11.1. The van der Waals surface area contributed by atoms with E-state index in [4.69, 9.17) is 34.5 Å². The van der Waals surface area contributed by atoms with Crippen LogP contribution in [0.4, 0.5) is 8.78 Å². The van der Waals surface area contributed by atoms with Crippen molar-refractivity contribution in [3.8, 4) is 85.1 Å². The molecule has 10 heterocycles. The quantitative estimate of drug-likeness (QED) is 0.0756. The summed E-state index contributed by atoms with van der Waals surface area (Å²) in [7, 11) is 0. The molecule has 14 rings (SSSR count). The number of aromatic hydroxyl groups is 1. The van der Waals surface area contributed by atoms with Crippen LogP contribution >= 0.6 is 0 Å². The number of hydrogen-bond acceptors (Lipinski definition) is 13. The molecule has 19 heteroatoms. The van der Waals surface area contributed by atoms with Crippen LogP contribution in [0.25, 0.3) is 112 Å². The molecule has 0 amide bonds. The molecule has 1 unspecified atom stereocenters. The Balaban J connectivity index is 0.706.